The Kier molecular flexibility index (Phi) is 4.87. The van der Waals surface area contributed by atoms with Crippen LogP contribution in [0.3, 0.4) is 0 Å². The lowest BCUT2D eigenvalue weighted by Crippen LogP contribution is -2.36. The topological polar surface area (TPSA) is 67.1 Å². The van der Waals surface area contributed by atoms with Crippen LogP contribution in [0, 0.1) is 0 Å². The van der Waals surface area contributed by atoms with Crippen molar-refractivity contribution in [2.75, 3.05) is 48.7 Å². The summed E-state index contributed by atoms with van der Waals surface area (Å²) in [5, 5.41) is 3.19. The second kappa shape index (κ2) is 6.42. The maximum absolute atomic E-state index is 5.64. The van der Waals surface area contributed by atoms with Crippen molar-refractivity contribution in [1.82, 2.24) is 14.9 Å². The van der Waals surface area contributed by atoms with Crippen molar-refractivity contribution in [3.05, 3.63) is 10.7 Å². The summed E-state index contributed by atoms with van der Waals surface area (Å²) in [6, 6.07) is 1.69. The van der Waals surface area contributed by atoms with Gasteiger partial charge in [-0.3, -0.25) is 4.90 Å². The lowest BCUT2D eigenvalue weighted by atomic mass is 10.4. The van der Waals surface area contributed by atoms with Crippen LogP contribution < -0.4 is 11.1 Å². The van der Waals surface area contributed by atoms with Gasteiger partial charge in [0.05, 0.1) is 0 Å². The second-order valence-electron chi connectivity index (χ2n) is 3.82. The third kappa shape index (κ3) is 4.33. The average Bonchev–Trinajstić information content (AvgIpc) is 2.29. The van der Waals surface area contributed by atoms with E-state index in [9.17, 15) is 0 Å². The van der Waals surface area contributed by atoms with Gasteiger partial charge < -0.3 is 11.1 Å². The first-order chi connectivity index (χ1) is 8.24. The van der Waals surface area contributed by atoms with E-state index in [0.29, 0.717) is 16.4 Å². The summed E-state index contributed by atoms with van der Waals surface area (Å²) in [5.41, 5.74) is 5.64. The standard InChI is InChI=1S/C10H16BrN5S/c11-8-7-9(12)15-10(14-8)13-1-2-16-3-5-17-6-4-16/h7H,1-6H2,(H3,12,13,14,15). The number of halogens is 1. The zero-order valence-corrected chi connectivity index (χ0v) is 11.9. The highest BCUT2D eigenvalue weighted by atomic mass is 79.9. The number of nitrogen functional groups attached to an aromatic ring is 1. The summed E-state index contributed by atoms with van der Waals surface area (Å²) in [5.74, 6) is 3.53. The average molecular weight is 318 g/mol. The quantitative estimate of drug-likeness (QED) is 0.815. The highest BCUT2D eigenvalue weighted by molar-refractivity contribution is 9.10. The minimum Gasteiger partial charge on any atom is -0.383 e. The van der Waals surface area contributed by atoms with E-state index >= 15 is 0 Å². The number of hydrogen-bond acceptors (Lipinski definition) is 6. The highest BCUT2D eigenvalue weighted by Gasteiger charge is 2.09. The van der Waals surface area contributed by atoms with E-state index in [1.807, 2.05) is 11.8 Å². The van der Waals surface area contributed by atoms with Gasteiger partial charge >= 0.3 is 0 Å². The smallest absolute Gasteiger partial charge is 0.225 e. The SMILES string of the molecule is Nc1cc(Br)nc(NCCN2CCSCC2)n1. The number of aromatic nitrogens is 2. The molecule has 1 aliphatic rings. The molecular formula is C10H16BrN5S. The second-order valence-corrected chi connectivity index (χ2v) is 5.86. The normalized spacial score (nSPS) is 17.0. The van der Waals surface area contributed by atoms with Crippen LogP contribution in [-0.4, -0.2) is 52.6 Å². The van der Waals surface area contributed by atoms with Gasteiger partial charge in [-0.25, -0.2) is 4.98 Å². The minimum absolute atomic E-state index is 0.476. The van der Waals surface area contributed by atoms with Crippen LogP contribution in [0.5, 0.6) is 0 Å². The molecular weight excluding hydrogens is 302 g/mol. The predicted molar refractivity (Wildman–Crippen MR) is 76.4 cm³/mol. The molecule has 3 N–H and O–H groups in total. The van der Waals surface area contributed by atoms with Crippen molar-refractivity contribution in [3.8, 4) is 0 Å². The van der Waals surface area contributed by atoms with Gasteiger partial charge in [-0.05, 0) is 15.9 Å². The molecule has 1 fully saturated rings. The van der Waals surface area contributed by atoms with Crippen LogP contribution in [0.1, 0.15) is 0 Å². The number of rotatable bonds is 4. The van der Waals surface area contributed by atoms with Crippen LogP contribution in [0.4, 0.5) is 11.8 Å². The first kappa shape index (κ1) is 12.9. The van der Waals surface area contributed by atoms with Gasteiger partial charge in [0.2, 0.25) is 5.95 Å². The summed E-state index contributed by atoms with van der Waals surface area (Å²) in [7, 11) is 0. The first-order valence-corrected chi connectivity index (χ1v) is 7.53. The maximum Gasteiger partial charge on any atom is 0.225 e. The summed E-state index contributed by atoms with van der Waals surface area (Å²) in [6.45, 7) is 4.22. The molecule has 94 valence electrons. The molecule has 1 aromatic heterocycles. The molecule has 0 unspecified atom stereocenters. The summed E-state index contributed by atoms with van der Waals surface area (Å²) >= 11 is 5.32. The Balaban J connectivity index is 1.77. The lowest BCUT2D eigenvalue weighted by molar-refractivity contribution is 0.314. The zero-order chi connectivity index (χ0) is 12.1. The minimum atomic E-state index is 0.476. The number of thioether (sulfide) groups is 1. The number of anilines is 2. The van der Waals surface area contributed by atoms with Crippen molar-refractivity contribution in [2.24, 2.45) is 0 Å². The molecule has 17 heavy (non-hydrogen) atoms. The van der Waals surface area contributed by atoms with E-state index in [2.05, 4.69) is 36.1 Å². The first-order valence-electron chi connectivity index (χ1n) is 5.58. The van der Waals surface area contributed by atoms with Crippen molar-refractivity contribution >= 4 is 39.5 Å². The molecule has 7 heteroatoms. The number of nitrogens with one attached hydrogen (secondary N) is 1. The Bertz CT molecular complexity index is 349. The van der Waals surface area contributed by atoms with Crippen molar-refractivity contribution < 1.29 is 0 Å². The third-order valence-electron chi connectivity index (χ3n) is 2.53. The van der Waals surface area contributed by atoms with E-state index in [0.717, 1.165) is 13.1 Å². The highest BCUT2D eigenvalue weighted by Crippen LogP contribution is 2.12. The fraction of sp³-hybridized carbons (Fsp3) is 0.600. The van der Waals surface area contributed by atoms with Crippen LogP contribution in [0.15, 0.2) is 10.7 Å². The molecule has 1 aromatic rings. The Morgan fingerprint density at radius 3 is 2.88 bits per heavy atom. The molecule has 2 rings (SSSR count). The Labute approximate surface area is 114 Å². The fourth-order valence-corrected chi connectivity index (χ4v) is 3.05. The summed E-state index contributed by atoms with van der Waals surface area (Å²) < 4.78 is 0.710. The largest absolute Gasteiger partial charge is 0.383 e. The predicted octanol–water partition coefficient (Wildman–Crippen LogP) is 1.28. The van der Waals surface area contributed by atoms with E-state index in [1.165, 1.54) is 24.6 Å². The Morgan fingerprint density at radius 2 is 2.18 bits per heavy atom. The Hall–Kier alpha value is -0.530. The van der Waals surface area contributed by atoms with Gasteiger partial charge in [0, 0.05) is 43.8 Å². The molecule has 0 saturated carbocycles. The lowest BCUT2D eigenvalue weighted by Gasteiger charge is -2.25. The summed E-state index contributed by atoms with van der Waals surface area (Å²) in [6.07, 6.45) is 0. The van der Waals surface area contributed by atoms with Crippen molar-refractivity contribution in [1.29, 1.82) is 0 Å². The van der Waals surface area contributed by atoms with Gasteiger partial charge in [0.25, 0.3) is 0 Å². The molecule has 2 heterocycles. The van der Waals surface area contributed by atoms with Crippen LogP contribution in [-0.2, 0) is 0 Å². The molecule has 0 amide bonds. The van der Waals surface area contributed by atoms with Gasteiger partial charge in [0.15, 0.2) is 0 Å². The van der Waals surface area contributed by atoms with Crippen molar-refractivity contribution in [2.45, 2.75) is 0 Å². The Morgan fingerprint density at radius 1 is 1.41 bits per heavy atom. The molecule has 5 nitrogen and oxygen atoms in total. The summed E-state index contributed by atoms with van der Waals surface area (Å²) in [4.78, 5) is 10.8. The van der Waals surface area contributed by atoms with Crippen LogP contribution in [0.25, 0.3) is 0 Å². The van der Waals surface area contributed by atoms with Crippen LogP contribution in [0.2, 0.25) is 0 Å². The zero-order valence-electron chi connectivity index (χ0n) is 9.53. The number of nitrogens with zero attached hydrogens (tertiary/aromatic N) is 3. The van der Waals surface area contributed by atoms with E-state index < -0.39 is 0 Å². The number of hydrogen-bond donors (Lipinski definition) is 2. The molecule has 0 aromatic carbocycles. The van der Waals surface area contributed by atoms with Gasteiger partial charge in [-0.2, -0.15) is 16.7 Å². The third-order valence-corrected chi connectivity index (χ3v) is 3.88. The molecule has 1 saturated heterocycles. The van der Waals surface area contributed by atoms with Gasteiger partial charge in [-0.15, -0.1) is 0 Å². The maximum atomic E-state index is 5.64. The molecule has 0 spiro atoms. The van der Waals surface area contributed by atoms with E-state index in [-0.39, 0.29) is 0 Å². The van der Waals surface area contributed by atoms with Gasteiger partial charge in [0.1, 0.15) is 10.4 Å². The molecule has 0 bridgehead atoms. The van der Waals surface area contributed by atoms with Crippen LogP contribution >= 0.6 is 27.7 Å². The molecule has 1 aliphatic heterocycles. The van der Waals surface area contributed by atoms with Gasteiger partial charge in [-0.1, -0.05) is 0 Å². The van der Waals surface area contributed by atoms with E-state index in [4.69, 9.17) is 5.73 Å². The molecule has 0 atom stereocenters. The monoisotopic (exact) mass is 317 g/mol. The molecule has 0 radical (unpaired) electrons. The fourth-order valence-electron chi connectivity index (χ4n) is 1.66. The molecule has 0 aliphatic carbocycles. The van der Waals surface area contributed by atoms with E-state index in [1.54, 1.807) is 6.07 Å². The number of nitrogens with two attached hydrogens (primary N) is 1. The van der Waals surface area contributed by atoms with Crippen molar-refractivity contribution in [3.63, 3.8) is 0 Å².